The summed E-state index contributed by atoms with van der Waals surface area (Å²) in [5.41, 5.74) is 0. The lowest BCUT2D eigenvalue weighted by Gasteiger charge is -2.14. The summed E-state index contributed by atoms with van der Waals surface area (Å²) in [6.07, 6.45) is 3.99. The number of aliphatic imine (C=N–C) groups is 1. The minimum atomic E-state index is 0.110. The van der Waals surface area contributed by atoms with Gasteiger partial charge in [0.1, 0.15) is 6.54 Å². The fourth-order valence-corrected chi connectivity index (χ4v) is 1.72. The molecule has 0 aliphatic carbocycles. The highest BCUT2D eigenvalue weighted by atomic mass is 16.2. The van der Waals surface area contributed by atoms with E-state index in [4.69, 9.17) is 0 Å². The highest BCUT2D eigenvalue weighted by molar-refractivity contribution is 5.85. The SMILES string of the molecule is C=CCNC(=NCC(=O)N1CCCC1)NCC. The zero-order valence-electron chi connectivity index (χ0n) is 10.5. The summed E-state index contributed by atoms with van der Waals surface area (Å²) in [4.78, 5) is 17.9. The van der Waals surface area contributed by atoms with Crippen LogP contribution < -0.4 is 10.6 Å². The lowest BCUT2D eigenvalue weighted by atomic mass is 10.4. The van der Waals surface area contributed by atoms with Crippen molar-refractivity contribution in [2.75, 3.05) is 32.7 Å². The van der Waals surface area contributed by atoms with Crippen LogP contribution in [0.1, 0.15) is 19.8 Å². The summed E-state index contributed by atoms with van der Waals surface area (Å²) in [6.45, 7) is 9.02. The van der Waals surface area contributed by atoms with Crippen LogP contribution >= 0.6 is 0 Å². The number of likely N-dealkylation sites (tertiary alicyclic amines) is 1. The second kappa shape index (κ2) is 7.70. The summed E-state index contributed by atoms with van der Waals surface area (Å²) in [7, 11) is 0. The van der Waals surface area contributed by atoms with Crippen molar-refractivity contribution < 1.29 is 4.79 Å². The molecule has 2 N–H and O–H groups in total. The van der Waals surface area contributed by atoms with E-state index in [0.717, 1.165) is 32.5 Å². The van der Waals surface area contributed by atoms with Crippen molar-refractivity contribution in [1.82, 2.24) is 15.5 Å². The van der Waals surface area contributed by atoms with Crippen LogP contribution in [0.2, 0.25) is 0 Å². The van der Waals surface area contributed by atoms with Crippen LogP contribution in [0.5, 0.6) is 0 Å². The summed E-state index contributed by atoms with van der Waals surface area (Å²) >= 11 is 0. The maximum Gasteiger partial charge on any atom is 0.244 e. The van der Waals surface area contributed by atoms with E-state index in [1.54, 1.807) is 6.08 Å². The van der Waals surface area contributed by atoms with Crippen molar-refractivity contribution in [3.05, 3.63) is 12.7 Å². The first-order valence-corrected chi connectivity index (χ1v) is 6.18. The van der Waals surface area contributed by atoms with Crippen molar-refractivity contribution >= 4 is 11.9 Å². The molecule has 0 saturated carbocycles. The molecule has 5 nitrogen and oxygen atoms in total. The average Bonchev–Trinajstić information content (AvgIpc) is 2.86. The molecule has 1 amide bonds. The number of hydrogen-bond donors (Lipinski definition) is 2. The van der Waals surface area contributed by atoms with E-state index in [1.165, 1.54) is 0 Å². The summed E-state index contributed by atoms with van der Waals surface area (Å²) in [5, 5.41) is 6.15. The summed E-state index contributed by atoms with van der Waals surface area (Å²) in [5.74, 6) is 0.776. The second-order valence-electron chi connectivity index (χ2n) is 3.95. The van der Waals surface area contributed by atoms with E-state index >= 15 is 0 Å². The van der Waals surface area contributed by atoms with Gasteiger partial charge < -0.3 is 15.5 Å². The van der Waals surface area contributed by atoms with E-state index < -0.39 is 0 Å². The monoisotopic (exact) mass is 238 g/mol. The van der Waals surface area contributed by atoms with Gasteiger partial charge in [0.05, 0.1) is 0 Å². The Balaban J connectivity index is 2.40. The molecule has 0 aromatic carbocycles. The Hall–Kier alpha value is -1.52. The first kappa shape index (κ1) is 13.5. The highest BCUT2D eigenvalue weighted by Gasteiger charge is 2.17. The molecular formula is C12H22N4O. The lowest BCUT2D eigenvalue weighted by Crippen LogP contribution is -2.38. The first-order chi connectivity index (χ1) is 8.27. The average molecular weight is 238 g/mol. The van der Waals surface area contributed by atoms with E-state index in [0.29, 0.717) is 12.5 Å². The topological polar surface area (TPSA) is 56.7 Å². The third-order valence-corrected chi connectivity index (χ3v) is 2.59. The van der Waals surface area contributed by atoms with Crippen LogP contribution in [-0.4, -0.2) is 49.5 Å². The van der Waals surface area contributed by atoms with Crippen molar-refractivity contribution in [3.63, 3.8) is 0 Å². The maximum absolute atomic E-state index is 11.8. The van der Waals surface area contributed by atoms with E-state index in [1.807, 2.05) is 11.8 Å². The van der Waals surface area contributed by atoms with Crippen LogP contribution in [0, 0.1) is 0 Å². The predicted molar refractivity (Wildman–Crippen MR) is 70.0 cm³/mol. The molecule has 0 aromatic heterocycles. The number of carbonyl (C=O) groups is 1. The highest BCUT2D eigenvalue weighted by Crippen LogP contribution is 2.07. The summed E-state index contributed by atoms with van der Waals surface area (Å²) < 4.78 is 0. The molecule has 1 aliphatic rings. The molecule has 0 bridgehead atoms. The fraction of sp³-hybridized carbons (Fsp3) is 0.667. The minimum Gasteiger partial charge on any atom is -0.357 e. The van der Waals surface area contributed by atoms with Crippen molar-refractivity contribution in [2.24, 2.45) is 4.99 Å². The van der Waals surface area contributed by atoms with Crippen LogP contribution in [0.4, 0.5) is 0 Å². The van der Waals surface area contributed by atoms with E-state index in [2.05, 4.69) is 22.2 Å². The quantitative estimate of drug-likeness (QED) is 0.413. The molecule has 17 heavy (non-hydrogen) atoms. The Labute approximate surface area is 103 Å². The van der Waals surface area contributed by atoms with Gasteiger partial charge in [0.2, 0.25) is 5.91 Å². The molecule has 5 heteroatoms. The Morgan fingerprint density at radius 3 is 2.71 bits per heavy atom. The Morgan fingerprint density at radius 2 is 2.12 bits per heavy atom. The molecular weight excluding hydrogens is 216 g/mol. The van der Waals surface area contributed by atoms with Gasteiger partial charge in [0.15, 0.2) is 5.96 Å². The van der Waals surface area contributed by atoms with Gasteiger partial charge in [0, 0.05) is 26.2 Å². The number of nitrogens with zero attached hydrogens (tertiary/aromatic N) is 2. The Bertz CT molecular complexity index is 282. The smallest absolute Gasteiger partial charge is 0.244 e. The molecule has 96 valence electrons. The third-order valence-electron chi connectivity index (χ3n) is 2.59. The molecule has 0 radical (unpaired) electrons. The molecule has 0 spiro atoms. The van der Waals surface area contributed by atoms with Gasteiger partial charge in [-0.15, -0.1) is 6.58 Å². The molecule has 1 aliphatic heterocycles. The number of hydrogen-bond acceptors (Lipinski definition) is 2. The van der Waals surface area contributed by atoms with E-state index in [9.17, 15) is 4.79 Å². The van der Waals surface area contributed by atoms with Crippen LogP contribution in [-0.2, 0) is 4.79 Å². The minimum absolute atomic E-state index is 0.110. The number of rotatable bonds is 5. The van der Waals surface area contributed by atoms with Crippen LogP contribution in [0.25, 0.3) is 0 Å². The normalized spacial score (nSPS) is 15.8. The maximum atomic E-state index is 11.8. The molecule has 0 atom stereocenters. The van der Waals surface area contributed by atoms with Crippen molar-refractivity contribution in [2.45, 2.75) is 19.8 Å². The molecule has 1 heterocycles. The molecule has 1 fully saturated rings. The number of guanidine groups is 1. The molecule has 0 unspecified atom stereocenters. The fourth-order valence-electron chi connectivity index (χ4n) is 1.72. The van der Waals surface area contributed by atoms with Gasteiger partial charge in [-0.05, 0) is 19.8 Å². The molecule has 1 rings (SSSR count). The van der Waals surface area contributed by atoms with Crippen molar-refractivity contribution in [3.8, 4) is 0 Å². The molecule has 1 saturated heterocycles. The standard InChI is InChI=1S/C12H22N4O/c1-3-7-14-12(13-4-2)15-10-11(17)16-8-5-6-9-16/h3H,1,4-10H2,2H3,(H2,13,14,15). The largest absolute Gasteiger partial charge is 0.357 e. The first-order valence-electron chi connectivity index (χ1n) is 6.18. The van der Waals surface area contributed by atoms with Gasteiger partial charge >= 0.3 is 0 Å². The third kappa shape index (κ3) is 4.89. The number of carbonyl (C=O) groups excluding carboxylic acids is 1. The van der Waals surface area contributed by atoms with Crippen LogP contribution in [0.3, 0.4) is 0 Å². The van der Waals surface area contributed by atoms with Crippen molar-refractivity contribution in [1.29, 1.82) is 0 Å². The zero-order chi connectivity index (χ0) is 12.5. The second-order valence-corrected chi connectivity index (χ2v) is 3.95. The lowest BCUT2D eigenvalue weighted by molar-refractivity contribution is -0.128. The summed E-state index contributed by atoms with van der Waals surface area (Å²) in [6, 6.07) is 0. The predicted octanol–water partition coefficient (Wildman–Crippen LogP) is 0.350. The molecule has 0 aromatic rings. The van der Waals surface area contributed by atoms with Gasteiger partial charge in [-0.1, -0.05) is 6.08 Å². The Morgan fingerprint density at radius 1 is 1.41 bits per heavy atom. The zero-order valence-corrected chi connectivity index (χ0v) is 10.5. The van der Waals surface area contributed by atoms with Gasteiger partial charge in [-0.3, -0.25) is 4.79 Å². The van der Waals surface area contributed by atoms with E-state index in [-0.39, 0.29) is 12.5 Å². The van der Waals surface area contributed by atoms with Gasteiger partial charge in [-0.25, -0.2) is 4.99 Å². The number of nitrogens with one attached hydrogen (secondary N) is 2. The van der Waals surface area contributed by atoms with Crippen LogP contribution in [0.15, 0.2) is 17.6 Å². The Kier molecular flexibility index (Phi) is 6.14. The van der Waals surface area contributed by atoms with Gasteiger partial charge in [0.25, 0.3) is 0 Å². The number of amides is 1. The van der Waals surface area contributed by atoms with Gasteiger partial charge in [-0.2, -0.15) is 0 Å².